The third-order valence-corrected chi connectivity index (χ3v) is 10.1. The van der Waals surface area contributed by atoms with E-state index in [0.29, 0.717) is 40.5 Å². The summed E-state index contributed by atoms with van der Waals surface area (Å²) in [4.78, 5) is 57.3. The van der Waals surface area contributed by atoms with Gasteiger partial charge in [-0.1, -0.05) is 94.1 Å². The number of alkyl carbamates (subject to hydrolysis) is 1. The lowest BCUT2D eigenvalue weighted by atomic mass is 9.77. The van der Waals surface area contributed by atoms with Gasteiger partial charge in [0.05, 0.1) is 28.7 Å². The lowest BCUT2D eigenvalue weighted by Crippen LogP contribution is -2.66. The van der Waals surface area contributed by atoms with Gasteiger partial charge in [-0.2, -0.15) is 5.10 Å². The van der Waals surface area contributed by atoms with Gasteiger partial charge in [0, 0.05) is 22.5 Å². The number of fused-ring (bicyclic) bond motifs is 3. The Morgan fingerprint density at radius 3 is 2.44 bits per heavy atom. The second-order valence-corrected chi connectivity index (χ2v) is 13.7. The predicted molar refractivity (Wildman–Crippen MR) is 186 cm³/mol. The van der Waals surface area contributed by atoms with Gasteiger partial charge in [-0.3, -0.25) is 14.4 Å². The Morgan fingerprint density at radius 2 is 1.77 bits per heavy atom. The van der Waals surface area contributed by atoms with Crippen LogP contribution in [0.2, 0.25) is 10.0 Å². The number of benzene rings is 2. The smallest absolute Gasteiger partial charge is 0.408 e. The highest BCUT2D eigenvalue weighted by molar-refractivity contribution is 6.38. The number of ether oxygens (including phenoxy) is 1. The van der Waals surface area contributed by atoms with Crippen LogP contribution in [0, 0.1) is 11.8 Å². The highest BCUT2D eigenvalue weighted by atomic mass is 35.5. The number of amides is 4. The Kier molecular flexibility index (Phi) is 11.0. The lowest BCUT2D eigenvalue weighted by Gasteiger charge is -2.40. The van der Waals surface area contributed by atoms with Crippen molar-refractivity contribution in [2.24, 2.45) is 16.9 Å². The molecule has 0 fully saturated rings. The molecule has 2 unspecified atom stereocenters. The number of hydrazone groups is 1. The number of H-pyrrole nitrogens is 1. The fourth-order valence-electron chi connectivity index (χ4n) is 6.36. The van der Waals surface area contributed by atoms with Crippen LogP contribution in [0.15, 0.2) is 47.6 Å². The van der Waals surface area contributed by atoms with Crippen LogP contribution in [-0.4, -0.2) is 52.1 Å². The molecule has 11 nitrogen and oxygen atoms in total. The van der Waals surface area contributed by atoms with Crippen molar-refractivity contribution in [3.05, 3.63) is 69.3 Å². The quantitative estimate of drug-likeness (QED) is 0.168. The third-order valence-electron chi connectivity index (χ3n) is 9.60. The Bertz CT molecular complexity index is 1730. The molecule has 5 N–H and O–H groups in total. The van der Waals surface area contributed by atoms with Crippen LogP contribution in [0.4, 0.5) is 4.79 Å². The summed E-state index contributed by atoms with van der Waals surface area (Å²) in [5.41, 5.74) is 4.84. The number of rotatable bonds is 12. The summed E-state index contributed by atoms with van der Waals surface area (Å²) in [7, 11) is 0. The average molecular weight is 698 g/mol. The Morgan fingerprint density at radius 1 is 1.04 bits per heavy atom. The van der Waals surface area contributed by atoms with Gasteiger partial charge >= 0.3 is 6.09 Å². The van der Waals surface area contributed by atoms with E-state index >= 15 is 0 Å². The van der Waals surface area contributed by atoms with E-state index in [2.05, 4.69) is 31.5 Å². The summed E-state index contributed by atoms with van der Waals surface area (Å²) < 4.78 is 5.44. The van der Waals surface area contributed by atoms with Gasteiger partial charge in [0.2, 0.25) is 17.7 Å². The van der Waals surface area contributed by atoms with Crippen LogP contribution in [0.25, 0.3) is 10.9 Å². The van der Waals surface area contributed by atoms with E-state index in [9.17, 15) is 19.2 Å². The molecule has 0 saturated carbocycles. The molecule has 13 heteroatoms. The molecular formula is C35H42Cl2N6O5. The van der Waals surface area contributed by atoms with Crippen LogP contribution in [-0.2, 0) is 38.6 Å². The van der Waals surface area contributed by atoms with E-state index in [-0.39, 0.29) is 43.6 Å². The number of hydrogen-bond donors (Lipinski definition) is 5. The summed E-state index contributed by atoms with van der Waals surface area (Å²) >= 11 is 13.0. The third kappa shape index (κ3) is 7.63. The number of halogens is 2. The molecule has 0 radical (unpaired) electrons. The molecule has 48 heavy (non-hydrogen) atoms. The molecule has 0 saturated heterocycles. The van der Waals surface area contributed by atoms with Gasteiger partial charge in [-0.05, 0) is 47.9 Å². The highest BCUT2D eigenvalue weighted by Gasteiger charge is 2.47. The number of nitrogens with one attached hydrogen (secondary N) is 5. The number of carbonyl (C=O) groups excluding carboxylic acids is 4. The molecule has 1 aliphatic carbocycles. The first kappa shape index (κ1) is 35.2. The van der Waals surface area contributed by atoms with Crippen molar-refractivity contribution >= 4 is 63.6 Å². The summed E-state index contributed by atoms with van der Waals surface area (Å²) in [6.45, 7) is 7.80. The molecule has 1 aromatic heterocycles. The minimum absolute atomic E-state index is 0.0422. The van der Waals surface area contributed by atoms with Gasteiger partial charge in [-0.15, -0.1) is 0 Å². The highest BCUT2D eigenvalue weighted by Crippen LogP contribution is 2.38. The van der Waals surface area contributed by atoms with E-state index in [1.165, 1.54) is 0 Å². The van der Waals surface area contributed by atoms with Crippen LogP contribution >= 0.6 is 23.2 Å². The fraction of sp³-hybridized carbons (Fsp3) is 0.457. The topological polar surface area (TPSA) is 154 Å². The minimum atomic E-state index is -1.42. The van der Waals surface area contributed by atoms with E-state index in [1.54, 1.807) is 12.1 Å². The van der Waals surface area contributed by atoms with E-state index in [4.69, 9.17) is 27.9 Å². The molecule has 0 bridgehead atoms. The van der Waals surface area contributed by atoms with Gasteiger partial charge < -0.3 is 25.7 Å². The molecule has 2 heterocycles. The van der Waals surface area contributed by atoms with Crippen molar-refractivity contribution in [1.29, 1.82) is 0 Å². The number of aryl methyl sites for hydroxylation is 1. The number of nitrogens with zero attached hydrogens (tertiary/aromatic N) is 1. The fourth-order valence-corrected chi connectivity index (χ4v) is 6.90. The Hall–Kier alpha value is -4.09. The first-order chi connectivity index (χ1) is 22.9. The van der Waals surface area contributed by atoms with Gasteiger partial charge in [0.25, 0.3) is 0 Å². The lowest BCUT2D eigenvalue weighted by molar-refractivity contribution is -0.136. The minimum Gasteiger partial charge on any atom is -0.445 e. The zero-order valence-corrected chi connectivity index (χ0v) is 29.1. The summed E-state index contributed by atoms with van der Waals surface area (Å²) in [6.07, 6.45) is 1.46. The van der Waals surface area contributed by atoms with Gasteiger partial charge in [0.1, 0.15) is 18.2 Å². The second kappa shape index (κ2) is 15.0. The summed E-state index contributed by atoms with van der Waals surface area (Å²) in [5.74, 6) is -1.49. The predicted octanol–water partition coefficient (Wildman–Crippen LogP) is 5.57. The van der Waals surface area contributed by atoms with Crippen molar-refractivity contribution < 1.29 is 23.9 Å². The van der Waals surface area contributed by atoms with Gasteiger partial charge in [-0.25, -0.2) is 10.2 Å². The maximum atomic E-state index is 14.6. The Labute approximate surface area is 289 Å². The molecule has 2 aliphatic rings. The van der Waals surface area contributed by atoms with Crippen molar-refractivity contribution in [2.75, 3.05) is 0 Å². The summed E-state index contributed by atoms with van der Waals surface area (Å²) in [5, 5.41) is 14.9. The first-order valence-corrected chi connectivity index (χ1v) is 17.1. The van der Waals surface area contributed by atoms with Crippen LogP contribution in [0.1, 0.15) is 70.2 Å². The Balaban J connectivity index is 1.46. The maximum absolute atomic E-state index is 14.6. The molecule has 0 spiro atoms. The number of aromatic amines is 1. The zero-order chi connectivity index (χ0) is 34.6. The molecule has 5 atom stereocenters. The van der Waals surface area contributed by atoms with Crippen molar-refractivity contribution in [1.82, 2.24) is 26.4 Å². The number of carbonyl (C=O) groups is 4. The average Bonchev–Trinajstić information content (AvgIpc) is 3.67. The zero-order valence-electron chi connectivity index (χ0n) is 27.5. The SMILES string of the molecule is CCC(C)[C@H](NC(=O)OCc1ccccc1)C(=O)N[C@@]1(C(=O)N[C@H](C2=NNC(=O)C2)C(C)CC)CCc2[nH]c3c(Cl)cc(Cl)cc3c2C1. The van der Waals surface area contributed by atoms with Gasteiger partial charge in [0.15, 0.2) is 0 Å². The molecule has 2 aromatic carbocycles. The molecular weight excluding hydrogens is 655 g/mol. The normalized spacial score (nSPS) is 19.7. The van der Waals surface area contributed by atoms with Crippen LogP contribution < -0.4 is 21.4 Å². The monoisotopic (exact) mass is 696 g/mol. The maximum Gasteiger partial charge on any atom is 0.408 e. The second-order valence-electron chi connectivity index (χ2n) is 12.9. The number of hydrogen-bond acceptors (Lipinski definition) is 6. The molecule has 4 amide bonds. The van der Waals surface area contributed by atoms with Crippen molar-refractivity contribution in [3.63, 3.8) is 0 Å². The van der Waals surface area contributed by atoms with Crippen LogP contribution in [0.3, 0.4) is 0 Å². The molecule has 1 aliphatic heterocycles. The van der Waals surface area contributed by atoms with E-state index < -0.39 is 35.5 Å². The van der Waals surface area contributed by atoms with Crippen molar-refractivity contribution in [2.45, 2.75) is 90.4 Å². The largest absolute Gasteiger partial charge is 0.445 e. The standard InChI is InChI=1S/C35H42Cl2N6O5/c1-5-19(3)29(27-16-28(44)43-42-27)39-33(46)35(13-12-26-24(17-35)23-14-22(36)15-25(37)31(23)38-26)41-32(45)30(20(4)6-2)40-34(47)48-18-21-10-8-7-9-11-21/h7-11,14-15,19-20,29-30,38H,5-6,12-13,16-18H2,1-4H3,(H,39,46)(H,40,47)(H,41,45)(H,43,44)/t19?,20?,29-,30-,35-/m0/s1. The number of aromatic nitrogens is 1. The van der Waals surface area contributed by atoms with Crippen molar-refractivity contribution in [3.8, 4) is 0 Å². The van der Waals surface area contributed by atoms with E-state index in [0.717, 1.165) is 22.2 Å². The molecule has 256 valence electrons. The van der Waals surface area contributed by atoms with Crippen LogP contribution in [0.5, 0.6) is 0 Å². The molecule has 3 aromatic rings. The molecule has 5 rings (SSSR count). The summed E-state index contributed by atoms with van der Waals surface area (Å²) in [6, 6.07) is 11.2. The first-order valence-electron chi connectivity index (χ1n) is 16.4. The van der Waals surface area contributed by atoms with E-state index in [1.807, 2.05) is 58.0 Å².